The molecule has 2 amide bonds. The average Bonchev–Trinajstić information content (AvgIpc) is 2.09. The summed E-state index contributed by atoms with van der Waals surface area (Å²) in [7, 11) is 0. The second-order valence-electron chi connectivity index (χ2n) is 2.64. The lowest BCUT2D eigenvalue weighted by atomic mass is 10.2. The lowest BCUT2D eigenvalue weighted by Gasteiger charge is -2.19. The first-order chi connectivity index (χ1) is 6.16. The predicted molar refractivity (Wildman–Crippen MR) is 53.5 cm³/mol. The fourth-order valence-electron chi connectivity index (χ4n) is 1.18. The van der Waals surface area contributed by atoms with E-state index in [4.69, 9.17) is 11.5 Å². The van der Waals surface area contributed by atoms with Crippen molar-refractivity contribution >= 4 is 17.4 Å². The summed E-state index contributed by atoms with van der Waals surface area (Å²) in [5.74, 6) is 0. The van der Waals surface area contributed by atoms with Crippen molar-refractivity contribution in [1.82, 2.24) is 0 Å². The summed E-state index contributed by atoms with van der Waals surface area (Å²) in [6, 6.07) is 6.65. The van der Waals surface area contributed by atoms with Crippen molar-refractivity contribution in [3.8, 4) is 0 Å². The van der Waals surface area contributed by atoms with Gasteiger partial charge < -0.3 is 11.5 Å². The molecule has 0 unspecified atom stereocenters. The molecule has 4 nitrogen and oxygen atoms in total. The molecule has 0 radical (unpaired) electrons. The smallest absolute Gasteiger partial charge is 0.319 e. The predicted octanol–water partition coefficient (Wildman–Crippen LogP) is 1.17. The van der Waals surface area contributed by atoms with Crippen molar-refractivity contribution in [2.75, 3.05) is 17.2 Å². The number of hydrogen-bond donors (Lipinski definition) is 2. The summed E-state index contributed by atoms with van der Waals surface area (Å²) in [6.45, 7) is 2.36. The molecule has 0 bridgehead atoms. The number of nitrogens with zero attached hydrogens (tertiary/aromatic N) is 1. The Bertz CT molecular complexity index is 311. The number of carbonyl (C=O) groups excluding carboxylic acids is 1. The summed E-state index contributed by atoms with van der Waals surface area (Å²) < 4.78 is 0. The molecular formula is C9H13N3O. The molecular weight excluding hydrogens is 166 g/mol. The number of nitrogens with two attached hydrogens (primary N) is 2. The first kappa shape index (κ1) is 9.38. The van der Waals surface area contributed by atoms with E-state index in [0.717, 1.165) is 0 Å². The van der Waals surface area contributed by atoms with Gasteiger partial charge in [-0.25, -0.2) is 4.79 Å². The molecule has 0 aliphatic rings. The third-order valence-corrected chi connectivity index (χ3v) is 1.81. The van der Waals surface area contributed by atoms with Gasteiger partial charge in [0.2, 0.25) is 0 Å². The summed E-state index contributed by atoms with van der Waals surface area (Å²) in [4.78, 5) is 12.4. The molecule has 4 heteroatoms. The molecule has 0 saturated heterocycles. The highest BCUT2D eigenvalue weighted by atomic mass is 16.2. The van der Waals surface area contributed by atoms with Gasteiger partial charge in [-0.2, -0.15) is 0 Å². The van der Waals surface area contributed by atoms with E-state index in [2.05, 4.69) is 0 Å². The van der Waals surface area contributed by atoms with Gasteiger partial charge in [-0.1, -0.05) is 12.1 Å². The SMILES string of the molecule is CCN(C(N)=O)c1ccccc1N. The zero-order valence-corrected chi connectivity index (χ0v) is 7.53. The number of nitrogen functional groups attached to an aromatic ring is 1. The van der Waals surface area contributed by atoms with Gasteiger partial charge in [-0.05, 0) is 19.1 Å². The second kappa shape index (κ2) is 3.80. The Morgan fingerprint density at radius 1 is 1.46 bits per heavy atom. The molecule has 0 aliphatic heterocycles. The van der Waals surface area contributed by atoms with Crippen LogP contribution >= 0.6 is 0 Å². The molecule has 13 heavy (non-hydrogen) atoms. The lowest BCUT2D eigenvalue weighted by molar-refractivity contribution is 0.254. The van der Waals surface area contributed by atoms with Gasteiger partial charge in [0.1, 0.15) is 0 Å². The first-order valence-corrected chi connectivity index (χ1v) is 4.08. The number of rotatable bonds is 2. The molecule has 1 aromatic carbocycles. The molecule has 0 heterocycles. The minimum Gasteiger partial charge on any atom is -0.397 e. The first-order valence-electron chi connectivity index (χ1n) is 4.08. The molecule has 0 fully saturated rings. The normalized spacial score (nSPS) is 9.62. The fraction of sp³-hybridized carbons (Fsp3) is 0.222. The van der Waals surface area contributed by atoms with Crippen molar-refractivity contribution in [2.45, 2.75) is 6.92 Å². The second-order valence-corrected chi connectivity index (χ2v) is 2.64. The molecule has 0 atom stereocenters. The zero-order valence-electron chi connectivity index (χ0n) is 7.53. The third-order valence-electron chi connectivity index (χ3n) is 1.81. The van der Waals surface area contributed by atoms with Crippen LogP contribution in [-0.2, 0) is 0 Å². The van der Waals surface area contributed by atoms with Crippen LogP contribution in [0.2, 0.25) is 0 Å². The van der Waals surface area contributed by atoms with Gasteiger partial charge in [-0.15, -0.1) is 0 Å². The molecule has 1 aromatic rings. The van der Waals surface area contributed by atoms with Crippen LogP contribution in [0.4, 0.5) is 16.2 Å². The largest absolute Gasteiger partial charge is 0.397 e. The Morgan fingerprint density at radius 3 is 2.54 bits per heavy atom. The van der Waals surface area contributed by atoms with Crippen LogP contribution in [0.3, 0.4) is 0 Å². The molecule has 1 rings (SSSR count). The van der Waals surface area contributed by atoms with Gasteiger partial charge in [0.15, 0.2) is 0 Å². The topological polar surface area (TPSA) is 72.3 Å². The highest BCUT2D eigenvalue weighted by Crippen LogP contribution is 2.21. The molecule has 4 N–H and O–H groups in total. The molecule has 0 aromatic heterocycles. The van der Waals surface area contributed by atoms with Crippen molar-refractivity contribution < 1.29 is 4.79 Å². The van der Waals surface area contributed by atoms with Crippen molar-refractivity contribution in [3.05, 3.63) is 24.3 Å². The Morgan fingerprint density at radius 2 is 2.08 bits per heavy atom. The standard InChI is InChI=1S/C9H13N3O/c1-2-12(9(11)13)8-6-4-3-5-7(8)10/h3-6H,2,10H2,1H3,(H2,11,13). The number of urea groups is 1. The number of anilines is 2. The quantitative estimate of drug-likeness (QED) is 0.669. The summed E-state index contributed by atoms with van der Waals surface area (Å²) in [5.41, 5.74) is 12.1. The van der Waals surface area contributed by atoms with Crippen molar-refractivity contribution in [2.24, 2.45) is 5.73 Å². The number of para-hydroxylation sites is 2. The molecule has 70 valence electrons. The summed E-state index contributed by atoms with van der Waals surface area (Å²) in [5, 5.41) is 0. The number of carbonyl (C=O) groups is 1. The van der Waals surface area contributed by atoms with Gasteiger partial charge in [-0.3, -0.25) is 4.90 Å². The maximum atomic E-state index is 11.0. The minimum atomic E-state index is -0.486. The highest BCUT2D eigenvalue weighted by Gasteiger charge is 2.11. The Balaban J connectivity index is 3.04. The van der Waals surface area contributed by atoms with Crippen LogP contribution in [-0.4, -0.2) is 12.6 Å². The van der Waals surface area contributed by atoms with E-state index in [1.165, 1.54) is 4.90 Å². The molecule has 0 spiro atoms. The van der Waals surface area contributed by atoms with Crippen LogP contribution in [0.5, 0.6) is 0 Å². The van der Waals surface area contributed by atoms with Gasteiger partial charge in [0.05, 0.1) is 11.4 Å². The van der Waals surface area contributed by atoms with Crippen LogP contribution in [0.15, 0.2) is 24.3 Å². The van der Waals surface area contributed by atoms with E-state index < -0.39 is 6.03 Å². The average molecular weight is 179 g/mol. The van der Waals surface area contributed by atoms with E-state index in [-0.39, 0.29) is 0 Å². The van der Waals surface area contributed by atoms with Gasteiger partial charge >= 0.3 is 6.03 Å². The number of hydrogen-bond acceptors (Lipinski definition) is 2. The maximum Gasteiger partial charge on any atom is 0.319 e. The van der Waals surface area contributed by atoms with E-state index in [1.807, 2.05) is 19.1 Å². The van der Waals surface area contributed by atoms with Crippen LogP contribution in [0.25, 0.3) is 0 Å². The Labute approximate surface area is 77.1 Å². The molecule has 0 aliphatic carbocycles. The van der Waals surface area contributed by atoms with E-state index in [1.54, 1.807) is 12.1 Å². The monoisotopic (exact) mass is 179 g/mol. The Kier molecular flexibility index (Phi) is 2.74. The minimum absolute atomic E-state index is 0.486. The maximum absolute atomic E-state index is 11.0. The van der Waals surface area contributed by atoms with E-state index in [9.17, 15) is 4.79 Å². The van der Waals surface area contributed by atoms with Crippen molar-refractivity contribution in [3.63, 3.8) is 0 Å². The summed E-state index contributed by atoms with van der Waals surface area (Å²) in [6.07, 6.45) is 0. The van der Waals surface area contributed by atoms with Crippen LogP contribution in [0.1, 0.15) is 6.92 Å². The van der Waals surface area contributed by atoms with E-state index >= 15 is 0 Å². The Hall–Kier alpha value is -1.71. The van der Waals surface area contributed by atoms with E-state index in [0.29, 0.717) is 17.9 Å². The van der Waals surface area contributed by atoms with Crippen LogP contribution < -0.4 is 16.4 Å². The number of benzene rings is 1. The number of primary amides is 1. The number of amides is 2. The zero-order chi connectivity index (χ0) is 9.84. The van der Waals surface area contributed by atoms with Crippen molar-refractivity contribution in [1.29, 1.82) is 0 Å². The fourth-order valence-corrected chi connectivity index (χ4v) is 1.18. The van der Waals surface area contributed by atoms with Crippen LogP contribution in [0, 0.1) is 0 Å². The lowest BCUT2D eigenvalue weighted by Crippen LogP contribution is -2.35. The third kappa shape index (κ3) is 1.90. The van der Waals surface area contributed by atoms with Gasteiger partial charge in [0.25, 0.3) is 0 Å². The molecule has 0 saturated carbocycles. The highest BCUT2D eigenvalue weighted by molar-refractivity contribution is 5.93. The van der Waals surface area contributed by atoms with Gasteiger partial charge in [0, 0.05) is 6.54 Å². The summed E-state index contributed by atoms with van der Waals surface area (Å²) >= 11 is 0.